The second kappa shape index (κ2) is 11.8. The van der Waals surface area contributed by atoms with Crippen LogP contribution in [-0.2, 0) is 6.42 Å². The third-order valence-corrected chi connectivity index (χ3v) is 3.63. The Morgan fingerprint density at radius 3 is 2.50 bits per heavy atom. The minimum absolute atomic E-state index is 0. The number of nitrogens with one attached hydrogen (secondary N) is 2. The van der Waals surface area contributed by atoms with E-state index in [1.165, 1.54) is 0 Å². The first-order chi connectivity index (χ1) is 11.3. The fourth-order valence-corrected chi connectivity index (χ4v) is 2.31. The summed E-state index contributed by atoms with van der Waals surface area (Å²) in [5.41, 5.74) is 2.17. The van der Waals surface area contributed by atoms with Gasteiger partial charge in [0.25, 0.3) is 0 Å². The predicted molar refractivity (Wildman–Crippen MR) is 109 cm³/mol. The lowest BCUT2D eigenvalue weighted by molar-refractivity contribution is 0.265. The van der Waals surface area contributed by atoms with Crippen molar-refractivity contribution in [3.8, 4) is 0 Å². The molecular formula is C18H25IN4O. The average molecular weight is 440 g/mol. The first-order valence-corrected chi connectivity index (χ1v) is 7.83. The van der Waals surface area contributed by atoms with Crippen LogP contribution < -0.4 is 10.6 Å². The molecule has 1 atom stereocenters. The maximum atomic E-state index is 9.58. The first kappa shape index (κ1) is 20.4. The molecule has 2 rings (SSSR count). The van der Waals surface area contributed by atoms with Crippen LogP contribution in [0.25, 0.3) is 0 Å². The summed E-state index contributed by atoms with van der Waals surface area (Å²) in [6.07, 6.45) is 2.64. The fraction of sp³-hybridized carbons (Fsp3) is 0.333. The molecule has 1 heterocycles. The standard InChI is InChI=1S/C18H24N4O.HI/c1-19-18(21-12-10-17-9-5-6-11-20-17)22-13-16(14-23)15-7-3-2-4-8-15;/h2-9,11,16,23H,10,12-14H2,1H3,(H2,19,21,22);1H. The van der Waals surface area contributed by atoms with Gasteiger partial charge in [-0.05, 0) is 17.7 Å². The van der Waals surface area contributed by atoms with Crippen molar-refractivity contribution in [1.29, 1.82) is 0 Å². The van der Waals surface area contributed by atoms with Crippen LogP contribution in [0.15, 0.2) is 59.7 Å². The Morgan fingerprint density at radius 2 is 1.88 bits per heavy atom. The molecule has 0 fully saturated rings. The molecule has 3 N–H and O–H groups in total. The predicted octanol–water partition coefficient (Wildman–Crippen LogP) is 2.18. The van der Waals surface area contributed by atoms with Gasteiger partial charge in [0, 0.05) is 44.4 Å². The minimum atomic E-state index is 0. The van der Waals surface area contributed by atoms with E-state index in [1.54, 1.807) is 13.2 Å². The second-order valence-electron chi connectivity index (χ2n) is 5.24. The van der Waals surface area contributed by atoms with Gasteiger partial charge in [0.05, 0.1) is 6.61 Å². The third-order valence-electron chi connectivity index (χ3n) is 3.63. The van der Waals surface area contributed by atoms with Crippen LogP contribution in [0.3, 0.4) is 0 Å². The fourth-order valence-electron chi connectivity index (χ4n) is 2.31. The normalized spacial score (nSPS) is 12.2. The van der Waals surface area contributed by atoms with Crippen LogP contribution in [-0.4, -0.2) is 42.8 Å². The number of halogens is 1. The van der Waals surface area contributed by atoms with E-state index in [1.807, 2.05) is 48.5 Å². The molecule has 0 aliphatic heterocycles. The van der Waals surface area contributed by atoms with Gasteiger partial charge in [-0.25, -0.2) is 0 Å². The molecule has 0 aliphatic rings. The molecule has 0 radical (unpaired) electrons. The van der Waals surface area contributed by atoms with Crippen LogP contribution in [0.5, 0.6) is 0 Å². The second-order valence-corrected chi connectivity index (χ2v) is 5.24. The molecule has 1 aromatic carbocycles. The summed E-state index contributed by atoms with van der Waals surface area (Å²) < 4.78 is 0. The van der Waals surface area contributed by atoms with Gasteiger partial charge in [0.1, 0.15) is 0 Å². The number of benzene rings is 1. The Labute approximate surface area is 160 Å². The molecule has 130 valence electrons. The molecule has 0 amide bonds. The number of hydrogen-bond acceptors (Lipinski definition) is 3. The minimum Gasteiger partial charge on any atom is -0.396 e. The molecule has 6 heteroatoms. The van der Waals surface area contributed by atoms with Gasteiger partial charge >= 0.3 is 0 Å². The van der Waals surface area contributed by atoms with E-state index < -0.39 is 0 Å². The third kappa shape index (κ3) is 6.84. The van der Waals surface area contributed by atoms with Crippen LogP contribution in [0.4, 0.5) is 0 Å². The molecule has 1 aromatic heterocycles. The Hall–Kier alpha value is -1.67. The number of nitrogens with zero attached hydrogens (tertiary/aromatic N) is 2. The van der Waals surface area contributed by atoms with Gasteiger partial charge in [0.15, 0.2) is 5.96 Å². The summed E-state index contributed by atoms with van der Waals surface area (Å²) in [5.74, 6) is 0.779. The number of guanidine groups is 1. The number of aliphatic imine (C=N–C) groups is 1. The maximum Gasteiger partial charge on any atom is 0.191 e. The lowest BCUT2D eigenvalue weighted by Gasteiger charge is -2.18. The molecule has 0 aliphatic carbocycles. The maximum absolute atomic E-state index is 9.58. The van der Waals surface area contributed by atoms with Crippen molar-refractivity contribution in [2.75, 3.05) is 26.7 Å². The average Bonchev–Trinajstić information content (AvgIpc) is 2.62. The largest absolute Gasteiger partial charge is 0.396 e. The molecule has 0 saturated heterocycles. The summed E-state index contributed by atoms with van der Waals surface area (Å²) in [5, 5.41) is 16.1. The van der Waals surface area contributed by atoms with Crippen molar-refractivity contribution in [1.82, 2.24) is 15.6 Å². The molecule has 1 unspecified atom stereocenters. The highest BCUT2D eigenvalue weighted by atomic mass is 127. The molecule has 24 heavy (non-hydrogen) atoms. The zero-order valence-electron chi connectivity index (χ0n) is 13.9. The van der Waals surface area contributed by atoms with E-state index in [0.29, 0.717) is 6.54 Å². The zero-order chi connectivity index (χ0) is 16.3. The Morgan fingerprint density at radius 1 is 1.12 bits per heavy atom. The van der Waals surface area contributed by atoms with Crippen LogP contribution in [0.1, 0.15) is 17.2 Å². The molecular weight excluding hydrogens is 415 g/mol. The summed E-state index contributed by atoms with van der Waals surface area (Å²) in [6, 6.07) is 15.9. The lowest BCUT2D eigenvalue weighted by atomic mass is 10.0. The van der Waals surface area contributed by atoms with Crippen molar-refractivity contribution in [2.45, 2.75) is 12.3 Å². The molecule has 0 spiro atoms. The topological polar surface area (TPSA) is 69.5 Å². The van der Waals surface area contributed by atoms with E-state index in [4.69, 9.17) is 0 Å². The molecule has 5 nitrogen and oxygen atoms in total. The van der Waals surface area contributed by atoms with Crippen LogP contribution >= 0.6 is 24.0 Å². The van der Waals surface area contributed by atoms with E-state index in [2.05, 4.69) is 20.6 Å². The quantitative estimate of drug-likeness (QED) is 0.351. The monoisotopic (exact) mass is 440 g/mol. The highest BCUT2D eigenvalue weighted by Crippen LogP contribution is 2.13. The van der Waals surface area contributed by atoms with Crippen LogP contribution in [0.2, 0.25) is 0 Å². The van der Waals surface area contributed by atoms with E-state index in [9.17, 15) is 5.11 Å². The van der Waals surface area contributed by atoms with E-state index in [0.717, 1.165) is 30.2 Å². The number of pyridine rings is 1. The number of aliphatic hydroxyl groups is 1. The number of aromatic nitrogens is 1. The number of rotatable bonds is 7. The zero-order valence-corrected chi connectivity index (χ0v) is 16.2. The van der Waals surface area contributed by atoms with E-state index >= 15 is 0 Å². The summed E-state index contributed by atoms with van der Waals surface area (Å²) >= 11 is 0. The van der Waals surface area contributed by atoms with Gasteiger partial charge in [-0.2, -0.15) is 0 Å². The van der Waals surface area contributed by atoms with Gasteiger partial charge < -0.3 is 15.7 Å². The van der Waals surface area contributed by atoms with Crippen molar-refractivity contribution in [2.24, 2.45) is 4.99 Å². The highest BCUT2D eigenvalue weighted by Gasteiger charge is 2.10. The SMILES string of the molecule is CN=C(NCCc1ccccn1)NCC(CO)c1ccccc1.I. The lowest BCUT2D eigenvalue weighted by Crippen LogP contribution is -2.40. The molecule has 0 bridgehead atoms. The van der Waals surface area contributed by atoms with Gasteiger partial charge in [0.2, 0.25) is 0 Å². The highest BCUT2D eigenvalue weighted by molar-refractivity contribution is 14.0. The van der Waals surface area contributed by atoms with E-state index in [-0.39, 0.29) is 36.5 Å². The van der Waals surface area contributed by atoms with Crippen molar-refractivity contribution < 1.29 is 5.11 Å². The van der Waals surface area contributed by atoms with Gasteiger partial charge in [-0.1, -0.05) is 36.4 Å². The summed E-state index contributed by atoms with van der Waals surface area (Å²) in [6.45, 7) is 1.48. The van der Waals surface area contributed by atoms with Gasteiger partial charge in [-0.3, -0.25) is 9.98 Å². The molecule has 0 saturated carbocycles. The summed E-state index contributed by atoms with van der Waals surface area (Å²) in [4.78, 5) is 8.51. The number of hydrogen-bond donors (Lipinski definition) is 3. The van der Waals surface area contributed by atoms with Crippen molar-refractivity contribution in [3.05, 3.63) is 66.0 Å². The molecule has 2 aromatic rings. The van der Waals surface area contributed by atoms with Crippen molar-refractivity contribution in [3.63, 3.8) is 0 Å². The number of aliphatic hydroxyl groups excluding tert-OH is 1. The Bertz CT molecular complexity index is 592. The van der Waals surface area contributed by atoms with Crippen LogP contribution in [0, 0.1) is 0 Å². The first-order valence-electron chi connectivity index (χ1n) is 7.83. The summed E-state index contributed by atoms with van der Waals surface area (Å²) in [7, 11) is 1.74. The Balaban J connectivity index is 0.00000288. The van der Waals surface area contributed by atoms with Crippen molar-refractivity contribution >= 4 is 29.9 Å². The Kier molecular flexibility index (Phi) is 10.0. The van der Waals surface area contributed by atoms with Gasteiger partial charge in [-0.15, -0.1) is 24.0 Å². The smallest absolute Gasteiger partial charge is 0.191 e.